The number of ether oxygens (including phenoxy) is 2. The molecule has 0 bridgehead atoms. The molecule has 2 aromatic carbocycles. The minimum absolute atomic E-state index is 0.0344. The van der Waals surface area contributed by atoms with Crippen LogP contribution in [0.3, 0.4) is 0 Å². The van der Waals surface area contributed by atoms with Crippen LogP contribution in [-0.2, 0) is 21.0 Å². The van der Waals surface area contributed by atoms with Crippen LogP contribution in [0.15, 0.2) is 47.6 Å². The van der Waals surface area contributed by atoms with Crippen molar-refractivity contribution in [2.24, 2.45) is 5.16 Å². The summed E-state index contributed by atoms with van der Waals surface area (Å²) in [7, 11) is 2.61. The van der Waals surface area contributed by atoms with E-state index in [2.05, 4.69) is 5.16 Å². The molecule has 7 nitrogen and oxygen atoms in total. The van der Waals surface area contributed by atoms with Crippen LogP contribution in [0.5, 0.6) is 5.75 Å². The molecule has 0 aromatic heterocycles. The van der Waals surface area contributed by atoms with E-state index in [1.807, 2.05) is 6.07 Å². The molecule has 0 radical (unpaired) electrons. The SMILES string of the molecule is CON=C(C(=O)OC)c1ccccc1COc1ccc(C(=O)O)cc1C. The van der Waals surface area contributed by atoms with Gasteiger partial charge in [-0.1, -0.05) is 29.4 Å². The van der Waals surface area contributed by atoms with Crippen molar-refractivity contribution in [3.05, 3.63) is 64.7 Å². The molecule has 0 saturated heterocycles. The summed E-state index contributed by atoms with van der Waals surface area (Å²) >= 11 is 0. The third kappa shape index (κ3) is 4.38. The summed E-state index contributed by atoms with van der Waals surface area (Å²) in [5.41, 5.74) is 2.15. The minimum atomic E-state index is -0.997. The number of oxime groups is 1. The highest BCUT2D eigenvalue weighted by Crippen LogP contribution is 2.22. The number of carboxylic acids is 1. The Morgan fingerprint density at radius 1 is 1.12 bits per heavy atom. The van der Waals surface area contributed by atoms with Gasteiger partial charge >= 0.3 is 11.9 Å². The molecule has 0 amide bonds. The summed E-state index contributed by atoms with van der Waals surface area (Å²) < 4.78 is 10.5. The van der Waals surface area contributed by atoms with Crippen molar-refractivity contribution >= 4 is 17.7 Å². The van der Waals surface area contributed by atoms with Gasteiger partial charge in [-0.2, -0.15) is 0 Å². The number of hydrogen-bond donors (Lipinski definition) is 1. The van der Waals surface area contributed by atoms with Crippen LogP contribution < -0.4 is 4.74 Å². The first kappa shape index (κ1) is 19.0. The van der Waals surface area contributed by atoms with Crippen LogP contribution >= 0.6 is 0 Å². The van der Waals surface area contributed by atoms with Gasteiger partial charge in [0.25, 0.3) is 0 Å². The fraction of sp³-hybridized carbons (Fsp3) is 0.211. The van der Waals surface area contributed by atoms with Crippen molar-refractivity contribution in [3.63, 3.8) is 0 Å². The highest BCUT2D eigenvalue weighted by molar-refractivity contribution is 6.43. The second-order valence-corrected chi connectivity index (χ2v) is 5.35. The predicted octanol–water partition coefficient (Wildman–Crippen LogP) is 2.80. The van der Waals surface area contributed by atoms with E-state index in [1.165, 1.54) is 26.4 Å². The van der Waals surface area contributed by atoms with E-state index in [0.717, 1.165) is 0 Å². The zero-order valence-electron chi connectivity index (χ0n) is 14.7. The zero-order chi connectivity index (χ0) is 19.1. The number of hydrogen-bond acceptors (Lipinski definition) is 6. The second kappa shape index (κ2) is 8.66. The van der Waals surface area contributed by atoms with Gasteiger partial charge in [-0.25, -0.2) is 9.59 Å². The van der Waals surface area contributed by atoms with E-state index in [1.54, 1.807) is 31.2 Å². The van der Waals surface area contributed by atoms with Crippen LogP contribution in [0.1, 0.15) is 27.0 Å². The Kier molecular flexibility index (Phi) is 6.32. The van der Waals surface area contributed by atoms with E-state index in [0.29, 0.717) is 22.4 Å². The Bertz CT molecular complexity index is 844. The molecule has 0 atom stereocenters. The molecule has 2 aromatic rings. The predicted molar refractivity (Wildman–Crippen MR) is 94.5 cm³/mol. The van der Waals surface area contributed by atoms with Gasteiger partial charge in [0.1, 0.15) is 19.5 Å². The molecule has 0 heterocycles. The van der Waals surface area contributed by atoms with Gasteiger partial charge in [0.2, 0.25) is 0 Å². The van der Waals surface area contributed by atoms with Crippen molar-refractivity contribution in [1.29, 1.82) is 0 Å². The summed E-state index contributed by atoms with van der Waals surface area (Å²) in [6.07, 6.45) is 0. The number of carbonyl (C=O) groups is 2. The third-order valence-corrected chi connectivity index (χ3v) is 3.64. The molecule has 7 heteroatoms. The lowest BCUT2D eigenvalue weighted by Gasteiger charge is -2.13. The van der Waals surface area contributed by atoms with Crippen molar-refractivity contribution < 1.29 is 29.0 Å². The van der Waals surface area contributed by atoms with E-state index < -0.39 is 11.9 Å². The van der Waals surface area contributed by atoms with Crippen molar-refractivity contribution in [1.82, 2.24) is 0 Å². The van der Waals surface area contributed by atoms with E-state index in [-0.39, 0.29) is 17.9 Å². The molecule has 0 aliphatic rings. The molecule has 0 saturated carbocycles. The molecular formula is C19H19NO6. The summed E-state index contributed by atoms with van der Waals surface area (Å²) in [6.45, 7) is 1.92. The van der Waals surface area contributed by atoms with Crippen molar-refractivity contribution in [2.75, 3.05) is 14.2 Å². The highest BCUT2D eigenvalue weighted by Gasteiger charge is 2.19. The van der Waals surface area contributed by atoms with Crippen LogP contribution in [0, 0.1) is 6.92 Å². The van der Waals surface area contributed by atoms with Crippen LogP contribution in [0.4, 0.5) is 0 Å². The molecule has 0 aliphatic heterocycles. The topological polar surface area (TPSA) is 94.4 Å². The Labute approximate surface area is 150 Å². The van der Waals surface area contributed by atoms with Gasteiger partial charge in [0.15, 0.2) is 5.71 Å². The fourth-order valence-corrected chi connectivity index (χ4v) is 2.36. The maximum Gasteiger partial charge on any atom is 0.360 e. The molecule has 0 fully saturated rings. The van der Waals surface area contributed by atoms with Gasteiger partial charge in [0.05, 0.1) is 12.7 Å². The number of aromatic carboxylic acids is 1. The average Bonchev–Trinajstić information content (AvgIpc) is 2.64. The molecular weight excluding hydrogens is 338 g/mol. The number of carboxylic acid groups (broad SMARTS) is 1. The Hall–Kier alpha value is -3.35. The van der Waals surface area contributed by atoms with Gasteiger partial charge in [0, 0.05) is 5.56 Å². The number of esters is 1. The lowest BCUT2D eigenvalue weighted by molar-refractivity contribution is -0.132. The fourth-order valence-electron chi connectivity index (χ4n) is 2.36. The molecule has 0 aliphatic carbocycles. The number of aryl methyl sites for hydroxylation is 1. The van der Waals surface area contributed by atoms with Crippen LogP contribution in [0.2, 0.25) is 0 Å². The molecule has 26 heavy (non-hydrogen) atoms. The van der Waals surface area contributed by atoms with Gasteiger partial charge in [-0.05, 0) is 36.2 Å². The third-order valence-electron chi connectivity index (χ3n) is 3.64. The number of benzene rings is 2. The van der Waals surface area contributed by atoms with E-state index in [4.69, 9.17) is 19.4 Å². The Balaban J connectivity index is 2.27. The summed E-state index contributed by atoms with van der Waals surface area (Å²) in [6, 6.07) is 11.7. The monoisotopic (exact) mass is 357 g/mol. The second-order valence-electron chi connectivity index (χ2n) is 5.35. The molecule has 2 rings (SSSR count). The average molecular weight is 357 g/mol. The van der Waals surface area contributed by atoms with Gasteiger partial charge in [-0.3, -0.25) is 0 Å². The number of nitrogens with zero attached hydrogens (tertiary/aromatic N) is 1. The van der Waals surface area contributed by atoms with Gasteiger partial charge in [-0.15, -0.1) is 0 Å². The van der Waals surface area contributed by atoms with Crippen LogP contribution in [0.25, 0.3) is 0 Å². The van der Waals surface area contributed by atoms with Crippen molar-refractivity contribution in [2.45, 2.75) is 13.5 Å². The first-order chi connectivity index (χ1) is 12.5. The molecule has 0 spiro atoms. The molecule has 136 valence electrons. The maximum absolute atomic E-state index is 12.0. The zero-order valence-corrected chi connectivity index (χ0v) is 14.7. The quantitative estimate of drug-likeness (QED) is 0.465. The summed E-state index contributed by atoms with van der Waals surface area (Å²) in [4.78, 5) is 27.7. The van der Waals surface area contributed by atoms with Gasteiger partial charge < -0.3 is 19.4 Å². The molecule has 0 unspecified atom stereocenters. The number of methoxy groups -OCH3 is 1. The maximum atomic E-state index is 12.0. The summed E-state index contributed by atoms with van der Waals surface area (Å²) in [5, 5.41) is 12.8. The first-order valence-electron chi connectivity index (χ1n) is 7.72. The van der Waals surface area contributed by atoms with E-state index in [9.17, 15) is 9.59 Å². The van der Waals surface area contributed by atoms with Crippen LogP contribution in [-0.4, -0.2) is 37.0 Å². The van der Waals surface area contributed by atoms with E-state index >= 15 is 0 Å². The smallest absolute Gasteiger partial charge is 0.360 e. The summed E-state index contributed by atoms with van der Waals surface area (Å²) in [5.74, 6) is -1.07. The Morgan fingerprint density at radius 2 is 1.85 bits per heavy atom. The number of rotatable bonds is 7. The number of carbonyl (C=O) groups excluding carboxylic acids is 1. The minimum Gasteiger partial charge on any atom is -0.489 e. The standard InChI is InChI=1S/C19H19NO6/c1-12-10-13(18(21)22)8-9-16(12)26-11-14-6-4-5-7-15(14)17(20-25-3)19(23)24-2/h4-10H,11H2,1-3H3,(H,21,22). The Morgan fingerprint density at radius 3 is 2.46 bits per heavy atom. The van der Waals surface area contributed by atoms with Crippen molar-refractivity contribution in [3.8, 4) is 5.75 Å². The highest BCUT2D eigenvalue weighted by atomic mass is 16.6. The normalized spacial score (nSPS) is 11.0. The lowest BCUT2D eigenvalue weighted by Crippen LogP contribution is -2.19. The first-order valence-corrected chi connectivity index (χ1v) is 7.72. The largest absolute Gasteiger partial charge is 0.489 e. The molecule has 1 N–H and O–H groups in total. The lowest BCUT2D eigenvalue weighted by atomic mass is 10.0.